The number of thiophene rings is 1. The monoisotopic (exact) mass is 442 g/mol. The van der Waals surface area contributed by atoms with E-state index < -0.39 is 0 Å². The van der Waals surface area contributed by atoms with Crippen molar-refractivity contribution in [2.75, 3.05) is 31.2 Å². The smallest absolute Gasteiger partial charge is 0.233 e. The van der Waals surface area contributed by atoms with Crippen LogP contribution in [0.2, 0.25) is 0 Å². The van der Waals surface area contributed by atoms with E-state index >= 15 is 0 Å². The van der Waals surface area contributed by atoms with Gasteiger partial charge in [-0.15, -0.1) is 11.3 Å². The fourth-order valence-electron chi connectivity index (χ4n) is 3.93. The maximum atomic E-state index is 13.0. The minimum absolute atomic E-state index is 0.0565. The van der Waals surface area contributed by atoms with Crippen molar-refractivity contribution >= 4 is 45.0 Å². The van der Waals surface area contributed by atoms with Gasteiger partial charge in [0.05, 0.1) is 30.4 Å². The van der Waals surface area contributed by atoms with E-state index in [2.05, 4.69) is 9.97 Å². The summed E-state index contributed by atoms with van der Waals surface area (Å²) in [4.78, 5) is 24.7. The van der Waals surface area contributed by atoms with Crippen LogP contribution >= 0.6 is 23.1 Å². The number of rotatable bonds is 4. The number of ether oxygens (including phenoxy) is 2. The van der Waals surface area contributed by atoms with Crippen molar-refractivity contribution in [3.8, 4) is 11.5 Å². The average Bonchev–Trinajstić information content (AvgIpc) is 3.37. The van der Waals surface area contributed by atoms with Gasteiger partial charge in [-0.1, -0.05) is 17.8 Å². The van der Waals surface area contributed by atoms with Crippen molar-refractivity contribution in [3.63, 3.8) is 0 Å². The first-order chi connectivity index (χ1) is 14.7. The summed E-state index contributed by atoms with van der Waals surface area (Å²) >= 11 is 2.86. The van der Waals surface area contributed by atoms with E-state index in [9.17, 15) is 4.79 Å². The Morgan fingerprint density at radius 1 is 1.20 bits per heavy atom. The van der Waals surface area contributed by atoms with Gasteiger partial charge >= 0.3 is 0 Å². The molecule has 2 aliphatic heterocycles. The molecular formula is C21H22N4O3S2. The van der Waals surface area contributed by atoms with Crippen molar-refractivity contribution in [2.24, 2.45) is 0 Å². The Morgan fingerprint density at radius 3 is 2.97 bits per heavy atom. The quantitative estimate of drug-likeness (QED) is 0.484. The van der Waals surface area contributed by atoms with Gasteiger partial charge in [-0.3, -0.25) is 4.79 Å². The molecule has 0 saturated carbocycles. The van der Waals surface area contributed by atoms with E-state index in [-0.39, 0.29) is 17.7 Å². The molecule has 0 aliphatic carbocycles. The van der Waals surface area contributed by atoms with E-state index in [1.807, 2.05) is 34.5 Å². The zero-order valence-electron chi connectivity index (χ0n) is 16.4. The predicted octanol–water partition coefficient (Wildman–Crippen LogP) is 3.89. The summed E-state index contributed by atoms with van der Waals surface area (Å²) in [6, 6.07) is 8.00. The van der Waals surface area contributed by atoms with Gasteiger partial charge in [0.25, 0.3) is 0 Å². The van der Waals surface area contributed by atoms with Crippen LogP contribution in [0.15, 0.2) is 34.8 Å². The number of anilines is 1. The highest BCUT2D eigenvalue weighted by Crippen LogP contribution is 2.38. The lowest BCUT2D eigenvalue weighted by Gasteiger charge is -2.25. The molecule has 2 aromatic heterocycles. The summed E-state index contributed by atoms with van der Waals surface area (Å²) in [6.45, 7) is 2.07. The van der Waals surface area contributed by atoms with Gasteiger partial charge in [0.15, 0.2) is 16.7 Å². The van der Waals surface area contributed by atoms with Crippen LogP contribution in [0.4, 0.5) is 5.82 Å². The normalized spacial score (nSPS) is 18.5. The number of likely N-dealkylation sites (tertiary alicyclic amines) is 1. The molecule has 3 aromatic rings. The lowest BCUT2D eigenvalue weighted by atomic mass is 10.0. The molecular weight excluding hydrogens is 420 g/mol. The highest BCUT2D eigenvalue weighted by Gasteiger charge is 2.31. The largest absolute Gasteiger partial charge is 0.490 e. The zero-order chi connectivity index (χ0) is 20.5. The first kappa shape index (κ1) is 19.4. The molecule has 1 fully saturated rings. The third-order valence-electron chi connectivity index (χ3n) is 5.39. The number of hydrogen-bond donors (Lipinski definition) is 1. The number of carbonyl (C=O) groups is 1. The number of nitrogen functional groups attached to an aromatic ring is 1. The molecule has 7 nitrogen and oxygen atoms in total. The molecule has 1 aromatic carbocycles. The van der Waals surface area contributed by atoms with E-state index in [1.165, 1.54) is 23.1 Å². The summed E-state index contributed by atoms with van der Waals surface area (Å²) < 4.78 is 11.6. The van der Waals surface area contributed by atoms with E-state index in [0.717, 1.165) is 53.1 Å². The summed E-state index contributed by atoms with van der Waals surface area (Å²) in [7, 11) is 0. The van der Waals surface area contributed by atoms with Crippen LogP contribution in [0.3, 0.4) is 0 Å². The fourth-order valence-corrected chi connectivity index (χ4v) is 5.50. The van der Waals surface area contributed by atoms with Gasteiger partial charge in [0.1, 0.15) is 10.6 Å². The first-order valence-electron chi connectivity index (χ1n) is 10.0. The van der Waals surface area contributed by atoms with Gasteiger partial charge in [-0.2, -0.15) is 0 Å². The number of benzene rings is 1. The Bertz CT molecular complexity index is 1090. The molecule has 0 spiro atoms. The van der Waals surface area contributed by atoms with Gasteiger partial charge in [-0.25, -0.2) is 9.97 Å². The minimum atomic E-state index is 0.0565. The maximum Gasteiger partial charge on any atom is 0.233 e. The van der Waals surface area contributed by atoms with Gasteiger partial charge in [0, 0.05) is 13.0 Å². The molecule has 5 rings (SSSR count). The number of aromatic nitrogens is 2. The van der Waals surface area contributed by atoms with E-state index in [4.69, 9.17) is 15.2 Å². The molecule has 2 N–H and O–H groups in total. The Morgan fingerprint density at radius 2 is 2.07 bits per heavy atom. The highest BCUT2D eigenvalue weighted by atomic mass is 32.2. The molecule has 4 heterocycles. The molecule has 156 valence electrons. The van der Waals surface area contributed by atoms with Crippen LogP contribution in [0.5, 0.6) is 11.5 Å². The molecule has 0 bridgehead atoms. The summed E-state index contributed by atoms with van der Waals surface area (Å²) in [6.07, 6.45) is 2.81. The second-order valence-corrected chi connectivity index (χ2v) is 9.16. The molecule has 1 amide bonds. The molecule has 1 saturated heterocycles. The van der Waals surface area contributed by atoms with Gasteiger partial charge in [0.2, 0.25) is 5.91 Å². The average molecular weight is 443 g/mol. The van der Waals surface area contributed by atoms with Crippen molar-refractivity contribution in [1.29, 1.82) is 0 Å². The second-order valence-electron chi connectivity index (χ2n) is 7.32. The molecule has 0 radical (unpaired) electrons. The molecule has 9 heteroatoms. The van der Waals surface area contributed by atoms with Crippen LogP contribution in [0.25, 0.3) is 10.2 Å². The van der Waals surface area contributed by atoms with Crippen molar-refractivity contribution in [2.45, 2.75) is 30.5 Å². The number of hydrogen-bond acceptors (Lipinski definition) is 8. The Balaban J connectivity index is 1.29. The Hall–Kier alpha value is -2.52. The lowest BCUT2D eigenvalue weighted by Crippen LogP contribution is -2.32. The maximum absolute atomic E-state index is 13.0. The number of fused-ring (bicyclic) bond motifs is 2. The molecule has 2 aliphatic rings. The zero-order valence-corrected chi connectivity index (χ0v) is 18.0. The fraction of sp³-hybridized carbons (Fsp3) is 0.381. The summed E-state index contributed by atoms with van der Waals surface area (Å²) in [5, 5.41) is 3.35. The predicted molar refractivity (Wildman–Crippen MR) is 118 cm³/mol. The topological polar surface area (TPSA) is 90.6 Å². The highest BCUT2D eigenvalue weighted by molar-refractivity contribution is 7.99. The number of nitrogens with zero attached hydrogens (tertiary/aromatic N) is 3. The van der Waals surface area contributed by atoms with Crippen LogP contribution in [-0.4, -0.2) is 46.3 Å². The van der Waals surface area contributed by atoms with Gasteiger partial charge in [-0.05, 0) is 42.0 Å². The third-order valence-corrected chi connectivity index (χ3v) is 7.03. The summed E-state index contributed by atoms with van der Waals surface area (Å²) in [5.74, 6) is 2.39. The SMILES string of the molecule is Nc1nc(SCC(=O)N2CCC[C@@H]2c2ccc3c(c2)OCCCO3)nc2sccc12. The Labute approximate surface area is 182 Å². The van der Waals surface area contributed by atoms with Crippen molar-refractivity contribution < 1.29 is 14.3 Å². The van der Waals surface area contributed by atoms with E-state index in [0.29, 0.717) is 24.2 Å². The van der Waals surface area contributed by atoms with Crippen LogP contribution in [-0.2, 0) is 4.79 Å². The first-order valence-corrected chi connectivity index (χ1v) is 11.9. The summed E-state index contributed by atoms with van der Waals surface area (Å²) in [5.41, 5.74) is 7.11. The number of nitrogens with two attached hydrogens (primary N) is 1. The van der Waals surface area contributed by atoms with Gasteiger partial charge < -0.3 is 20.1 Å². The van der Waals surface area contributed by atoms with Crippen molar-refractivity contribution in [1.82, 2.24) is 14.9 Å². The number of carbonyl (C=O) groups excluding carboxylic acids is 1. The Kier molecular flexibility index (Phi) is 5.39. The minimum Gasteiger partial charge on any atom is -0.490 e. The van der Waals surface area contributed by atoms with Crippen LogP contribution in [0.1, 0.15) is 30.9 Å². The molecule has 0 unspecified atom stereocenters. The molecule has 1 atom stereocenters. The van der Waals surface area contributed by atoms with Crippen LogP contribution < -0.4 is 15.2 Å². The standard InChI is InChI=1S/C21H22N4O3S2/c22-19-14-6-10-29-20(14)24-21(23-19)30-12-18(26)25-7-1-3-15(25)13-4-5-16-17(11-13)28-9-2-8-27-16/h4-6,10-11,15H,1-3,7-9,12H2,(H2,22,23,24)/t15-/m1/s1. The third kappa shape index (κ3) is 3.79. The number of thioether (sulfide) groups is 1. The lowest BCUT2D eigenvalue weighted by molar-refractivity contribution is -0.129. The molecule has 30 heavy (non-hydrogen) atoms. The van der Waals surface area contributed by atoms with E-state index in [1.54, 1.807) is 0 Å². The van der Waals surface area contributed by atoms with Crippen LogP contribution in [0, 0.1) is 0 Å². The van der Waals surface area contributed by atoms with Crippen molar-refractivity contribution in [3.05, 3.63) is 35.2 Å². The second kappa shape index (κ2) is 8.31. The number of amides is 1.